The summed E-state index contributed by atoms with van der Waals surface area (Å²) < 4.78 is 22.4. The van der Waals surface area contributed by atoms with Crippen LogP contribution in [0, 0.1) is 0 Å². The fourth-order valence-electron chi connectivity index (χ4n) is 3.95. The molecule has 196 valence electrons. The second kappa shape index (κ2) is 11.7. The number of carboxylic acid groups (broad SMARTS) is 1. The van der Waals surface area contributed by atoms with Crippen molar-refractivity contribution in [1.29, 1.82) is 0 Å². The number of hydrogen-bond acceptors (Lipinski definition) is 8. The van der Waals surface area contributed by atoms with E-state index in [0.29, 0.717) is 35.0 Å². The second-order valence-corrected chi connectivity index (χ2v) is 9.38. The molecule has 0 unspecified atom stereocenters. The molecule has 0 radical (unpaired) electrons. The van der Waals surface area contributed by atoms with Crippen LogP contribution in [-0.2, 0) is 11.4 Å². The quantitative estimate of drug-likeness (QED) is 0.153. The minimum Gasteiger partial charge on any atom is -0.497 e. The van der Waals surface area contributed by atoms with Gasteiger partial charge in [-0.15, -0.1) is 10.2 Å². The highest BCUT2D eigenvalue weighted by atomic mass is 32.2. The molecule has 9 heteroatoms. The number of carboxylic acids is 1. The fraction of sp³-hybridized carbons (Fsp3) is 0.100. The summed E-state index contributed by atoms with van der Waals surface area (Å²) >= 11 is 0.863. The first-order chi connectivity index (χ1) is 19.0. The lowest BCUT2D eigenvalue weighted by Gasteiger charge is -2.10. The topological polar surface area (TPSA) is 104 Å². The molecular weight excluding hydrogens is 516 g/mol. The molecule has 1 heterocycles. The Balaban J connectivity index is 1.33. The third-order valence-electron chi connectivity index (χ3n) is 5.84. The van der Waals surface area contributed by atoms with Gasteiger partial charge in [-0.25, -0.2) is 4.79 Å². The van der Waals surface area contributed by atoms with Crippen molar-refractivity contribution in [1.82, 2.24) is 10.2 Å². The zero-order chi connectivity index (χ0) is 27.2. The van der Waals surface area contributed by atoms with E-state index in [4.69, 9.17) is 18.6 Å². The molecule has 39 heavy (non-hydrogen) atoms. The molecule has 0 aliphatic heterocycles. The molecule has 0 aliphatic rings. The summed E-state index contributed by atoms with van der Waals surface area (Å²) in [5, 5.41) is 20.3. The van der Waals surface area contributed by atoms with E-state index in [0.717, 1.165) is 28.1 Å². The van der Waals surface area contributed by atoms with E-state index in [2.05, 4.69) is 28.4 Å². The maximum Gasteiger partial charge on any atom is 0.342 e. The molecule has 1 aromatic heterocycles. The molecule has 0 bridgehead atoms. The van der Waals surface area contributed by atoms with Crippen molar-refractivity contribution in [2.24, 2.45) is 0 Å². The van der Waals surface area contributed by atoms with E-state index in [1.165, 1.54) is 6.08 Å². The van der Waals surface area contributed by atoms with Crippen molar-refractivity contribution in [2.45, 2.75) is 11.8 Å². The molecule has 0 saturated heterocycles. The van der Waals surface area contributed by atoms with Gasteiger partial charge in [0.1, 0.15) is 28.8 Å². The van der Waals surface area contributed by atoms with Crippen molar-refractivity contribution in [2.75, 3.05) is 14.2 Å². The van der Waals surface area contributed by atoms with Crippen molar-refractivity contribution in [3.05, 3.63) is 101 Å². The molecule has 0 spiro atoms. The average Bonchev–Trinajstić information content (AvgIpc) is 3.44. The van der Waals surface area contributed by atoms with Gasteiger partial charge in [0.05, 0.1) is 14.2 Å². The number of fused-ring (bicyclic) bond motifs is 1. The van der Waals surface area contributed by atoms with Gasteiger partial charge in [0.15, 0.2) is 0 Å². The molecule has 1 N–H and O–H groups in total. The molecule has 4 aromatic carbocycles. The number of hydrogen-bond donors (Lipinski definition) is 1. The largest absolute Gasteiger partial charge is 0.497 e. The molecule has 0 fully saturated rings. The molecule has 0 aliphatic carbocycles. The van der Waals surface area contributed by atoms with Gasteiger partial charge in [-0.1, -0.05) is 54.6 Å². The van der Waals surface area contributed by atoms with Crippen molar-refractivity contribution >= 4 is 34.6 Å². The average molecular weight is 541 g/mol. The maximum absolute atomic E-state index is 12.0. The SMILES string of the molecule is COc1cc(OC)cc(-c2nnc(S/C(=C\c3cccc(OCc4cccc5ccccc45)c3)C(=O)O)o2)c1. The molecule has 8 nitrogen and oxygen atoms in total. The number of rotatable bonds is 10. The van der Waals surface area contributed by atoms with Gasteiger partial charge in [0.25, 0.3) is 5.22 Å². The second-order valence-electron chi connectivity index (χ2n) is 8.39. The lowest BCUT2D eigenvalue weighted by molar-refractivity contribution is -0.131. The van der Waals surface area contributed by atoms with E-state index in [-0.39, 0.29) is 16.0 Å². The summed E-state index contributed by atoms with van der Waals surface area (Å²) in [6, 6.07) is 26.7. The summed E-state index contributed by atoms with van der Waals surface area (Å²) in [5.41, 5.74) is 2.31. The van der Waals surface area contributed by atoms with Gasteiger partial charge in [0.2, 0.25) is 5.89 Å². The van der Waals surface area contributed by atoms with Crippen LogP contribution in [-0.4, -0.2) is 35.5 Å². The molecular formula is C30H24N2O6S. The standard InChI is InChI=1S/C30H24N2O6S/c1-35-24-15-22(16-25(17-24)36-2)28-31-32-30(38-28)39-27(29(33)34)14-19-7-5-11-23(13-19)37-18-21-10-6-9-20-8-3-4-12-26(20)21/h3-17H,18H2,1-2H3,(H,33,34)/b27-14-. The zero-order valence-corrected chi connectivity index (χ0v) is 22.0. The van der Waals surface area contributed by atoms with Crippen LogP contribution < -0.4 is 14.2 Å². The number of aromatic nitrogens is 2. The maximum atomic E-state index is 12.0. The van der Waals surface area contributed by atoms with Crippen molar-refractivity contribution < 1.29 is 28.5 Å². The van der Waals surface area contributed by atoms with Crippen LogP contribution in [0.4, 0.5) is 0 Å². The number of carbonyl (C=O) groups is 1. The lowest BCUT2D eigenvalue weighted by atomic mass is 10.1. The normalized spacial score (nSPS) is 11.4. The minimum absolute atomic E-state index is 0.0135. The van der Waals surface area contributed by atoms with Crippen LogP contribution in [0.3, 0.4) is 0 Å². The number of nitrogens with zero attached hydrogens (tertiary/aromatic N) is 2. The highest BCUT2D eigenvalue weighted by molar-refractivity contribution is 8.03. The Bertz CT molecular complexity index is 1640. The first kappa shape index (κ1) is 25.9. The van der Waals surface area contributed by atoms with Gasteiger partial charge in [-0.05, 0) is 64.0 Å². The van der Waals surface area contributed by atoms with Crippen LogP contribution in [0.1, 0.15) is 11.1 Å². The van der Waals surface area contributed by atoms with Crippen LogP contribution in [0.15, 0.2) is 99.5 Å². The van der Waals surface area contributed by atoms with Crippen molar-refractivity contribution in [3.63, 3.8) is 0 Å². The lowest BCUT2D eigenvalue weighted by Crippen LogP contribution is -1.98. The van der Waals surface area contributed by atoms with Gasteiger partial charge >= 0.3 is 5.97 Å². The Labute approximate surface area is 228 Å². The Morgan fingerprint density at radius 3 is 2.41 bits per heavy atom. The van der Waals surface area contributed by atoms with Crippen LogP contribution >= 0.6 is 11.8 Å². The van der Waals surface area contributed by atoms with Gasteiger partial charge < -0.3 is 23.7 Å². The predicted octanol–water partition coefficient (Wildman–Crippen LogP) is 6.70. The highest BCUT2D eigenvalue weighted by Gasteiger charge is 2.17. The Kier molecular flexibility index (Phi) is 7.79. The van der Waals surface area contributed by atoms with E-state index in [1.807, 2.05) is 36.4 Å². The van der Waals surface area contributed by atoms with Gasteiger partial charge in [-0.3, -0.25) is 0 Å². The number of methoxy groups -OCH3 is 2. The summed E-state index contributed by atoms with van der Waals surface area (Å²) in [7, 11) is 3.09. The molecule has 5 aromatic rings. The van der Waals surface area contributed by atoms with Gasteiger partial charge in [-0.2, -0.15) is 0 Å². The number of ether oxygens (including phenoxy) is 3. The zero-order valence-electron chi connectivity index (χ0n) is 21.2. The van der Waals surface area contributed by atoms with E-state index >= 15 is 0 Å². The monoisotopic (exact) mass is 540 g/mol. The third-order valence-corrected chi connectivity index (χ3v) is 6.70. The highest BCUT2D eigenvalue weighted by Crippen LogP contribution is 2.33. The first-order valence-electron chi connectivity index (χ1n) is 11.9. The summed E-state index contributed by atoms with van der Waals surface area (Å²) in [6.07, 6.45) is 1.54. The van der Waals surface area contributed by atoms with Crippen LogP contribution in [0.2, 0.25) is 0 Å². The van der Waals surface area contributed by atoms with Gasteiger partial charge in [0, 0.05) is 11.6 Å². The molecule has 0 atom stereocenters. The molecule has 0 amide bonds. The van der Waals surface area contributed by atoms with Crippen molar-refractivity contribution in [3.8, 4) is 28.7 Å². The smallest absolute Gasteiger partial charge is 0.342 e. The molecule has 0 saturated carbocycles. The first-order valence-corrected chi connectivity index (χ1v) is 12.7. The van der Waals surface area contributed by atoms with E-state index < -0.39 is 5.97 Å². The summed E-state index contributed by atoms with van der Waals surface area (Å²) in [5.74, 6) is 0.836. The third kappa shape index (κ3) is 6.22. The Morgan fingerprint density at radius 2 is 1.64 bits per heavy atom. The summed E-state index contributed by atoms with van der Waals surface area (Å²) in [6.45, 7) is 0.384. The Hall–Kier alpha value is -4.76. The summed E-state index contributed by atoms with van der Waals surface area (Å²) in [4.78, 5) is 12.0. The fourth-order valence-corrected chi connectivity index (χ4v) is 4.63. The van der Waals surface area contributed by atoms with E-state index in [9.17, 15) is 9.90 Å². The minimum atomic E-state index is -1.12. The molecule has 5 rings (SSSR count). The van der Waals surface area contributed by atoms with Crippen LogP contribution in [0.25, 0.3) is 28.3 Å². The number of benzene rings is 4. The Morgan fingerprint density at radius 1 is 0.897 bits per heavy atom. The van der Waals surface area contributed by atoms with Crippen LogP contribution in [0.5, 0.6) is 17.2 Å². The van der Waals surface area contributed by atoms with E-state index in [1.54, 1.807) is 44.6 Å². The predicted molar refractivity (Wildman–Crippen MR) is 149 cm³/mol. The number of aliphatic carboxylic acids is 1. The number of thioether (sulfide) groups is 1.